The van der Waals surface area contributed by atoms with Gasteiger partial charge in [-0.3, -0.25) is 4.90 Å². The van der Waals surface area contributed by atoms with Crippen molar-refractivity contribution in [1.29, 1.82) is 0 Å². The van der Waals surface area contributed by atoms with E-state index in [4.69, 9.17) is 0 Å². The van der Waals surface area contributed by atoms with Crippen molar-refractivity contribution in [3.63, 3.8) is 0 Å². The zero-order valence-electron chi connectivity index (χ0n) is 13.2. The van der Waals surface area contributed by atoms with Gasteiger partial charge < -0.3 is 5.32 Å². The molecule has 2 heteroatoms. The van der Waals surface area contributed by atoms with Crippen LogP contribution in [0.25, 0.3) is 0 Å². The van der Waals surface area contributed by atoms with Gasteiger partial charge in [-0.15, -0.1) is 0 Å². The van der Waals surface area contributed by atoms with E-state index in [1.54, 1.807) is 5.57 Å². The smallest absolute Gasteiger partial charge is 0.0463 e. The molecule has 0 amide bonds. The minimum absolute atomic E-state index is 0.342. The molecule has 0 bridgehead atoms. The molecule has 1 atom stereocenters. The lowest BCUT2D eigenvalue weighted by Gasteiger charge is -2.48. The Bertz CT molecular complexity index is 298. The average molecular weight is 264 g/mol. The highest BCUT2D eigenvalue weighted by Gasteiger charge is 2.42. The van der Waals surface area contributed by atoms with Crippen LogP contribution in [0.2, 0.25) is 0 Å². The molecule has 2 aliphatic rings. The summed E-state index contributed by atoms with van der Waals surface area (Å²) in [5.74, 6) is 0. The second-order valence-corrected chi connectivity index (χ2v) is 6.25. The lowest BCUT2D eigenvalue weighted by molar-refractivity contribution is 0.0759. The molecule has 0 spiro atoms. The molecule has 0 radical (unpaired) electrons. The Morgan fingerprint density at radius 1 is 1.16 bits per heavy atom. The van der Waals surface area contributed by atoms with Gasteiger partial charge in [-0.1, -0.05) is 25.5 Å². The van der Waals surface area contributed by atoms with Crippen LogP contribution in [0.15, 0.2) is 11.6 Å². The molecule has 0 saturated carbocycles. The molecule has 1 fully saturated rings. The van der Waals surface area contributed by atoms with Gasteiger partial charge in [-0.25, -0.2) is 0 Å². The summed E-state index contributed by atoms with van der Waals surface area (Å²) in [6, 6.07) is 0.556. The van der Waals surface area contributed by atoms with E-state index in [1.165, 1.54) is 64.5 Å². The van der Waals surface area contributed by atoms with Gasteiger partial charge in [0.05, 0.1) is 0 Å². The molecule has 19 heavy (non-hydrogen) atoms. The Kier molecular flexibility index (Phi) is 5.47. The van der Waals surface area contributed by atoms with Gasteiger partial charge in [0.25, 0.3) is 0 Å². The molecular weight excluding hydrogens is 232 g/mol. The molecule has 2 rings (SSSR count). The quantitative estimate of drug-likeness (QED) is 0.735. The first-order valence-electron chi connectivity index (χ1n) is 8.39. The van der Waals surface area contributed by atoms with Crippen molar-refractivity contribution in [2.45, 2.75) is 76.8 Å². The lowest BCUT2D eigenvalue weighted by Crippen LogP contribution is -2.60. The molecule has 1 aliphatic heterocycles. The molecular formula is C17H32N2. The second-order valence-electron chi connectivity index (χ2n) is 6.25. The average Bonchev–Trinajstić information content (AvgIpc) is 3.00. The number of allylic oxidation sites excluding steroid dienone is 1. The van der Waals surface area contributed by atoms with Crippen LogP contribution in [-0.2, 0) is 0 Å². The molecule has 1 unspecified atom stereocenters. The number of hydrogen-bond acceptors (Lipinski definition) is 2. The van der Waals surface area contributed by atoms with Crippen LogP contribution in [0.4, 0.5) is 0 Å². The van der Waals surface area contributed by atoms with Crippen molar-refractivity contribution in [3.05, 3.63) is 11.6 Å². The summed E-state index contributed by atoms with van der Waals surface area (Å²) >= 11 is 0. The maximum atomic E-state index is 3.68. The molecule has 0 aromatic rings. The van der Waals surface area contributed by atoms with E-state index >= 15 is 0 Å². The minimum atomic E-state index is 0.342. The van der Waals surface area contributed by atoms with Gasteiger partial charge in [0.15, 0.2) is 0 Å². The first-order chi connectivity index (χ1) is 9.28. The third-order valence-corrected chi connectivity index (χ3v) is 5.48. The third kappa shape index (κ3) is 2.90. The van der Waals surface area contributed by atoms with E-state index in [0.717, 1.165) is 0 Å². The lowest BCUT2D eigenvalue weighted by atomic mass is 9.76. The summed E-state index contributed by atoms with van der Waals surface area (Å²) < 4.78 is 0. The fraction of sp³-hybridized carbons (Fsp3) is 0.882. The Morgan fingerprint density at radius 3 is 2.32 bits per heavy atom. The normalized spacial score (nSPS) is 23.4. The predicted octanol–water partition coefficient (Wildman–Crippen LogP) is 3.73. The minimum Gasteiger partial charge on any atom is -0.312 e. The van der Waals surface area contributed by atoms with Gasteiger partial charge in [0, 0.05) is 11.6 Å². The molecule has 0 aromatic carbocycles. The fourth-order valence-electron chi connectivity index (χ4n) is 4.37. The highest BCUT2D eigenvalue weighted by atomic mass is 15.2. The fourth-order valence-corrected chi connectivity index (χ4v) is 4.37. The Hall–Kier alpha value is -0.340. The summed E-state index contributed by atoms with van der Waals surface area (Å²) in [6.45, 7) is 7.37. The number of likely N-dealkylation sites (N-methyl/N-ethyl adjacent to an activating group) is 1. The monoisotopic (exact) mass is 264 g/mol. The van der Waals surface area contributed by atoms with Crippen LogP contribution in [0.3, 0.4) is 0 Å². The summed E-state index contributed by atoms with van der Waals surface area (Å²) in [5, 5.41) is 3.68. The van der Waals surface area contributed by atoms with E-state index in [1.807, 2.05) is 0 Å². The van der Waals surface area contributed by atoms with Crippen molar-refractivity contribution in [2.75, 3.05) is 20.1 Å². The summed E-state index contributed by atoms with van der Waals surface area (Å²) in [6.07, 6.45) is 13.2. The Labute approximate surface area is 119 Å². The summed E-state index contributed by atoms with van der Waals surface area (Å²) in [5.41, 5.74) is 2.03. The number of likely N-dealkylation sites (tertiary alicyclic amines) is 1. The molecule has 0 aromatic heterocycles. The van der Waals surface area contributed by atoms with Gasteiger partial charge >= 0.3 is 0 Å². The second kappa shape index (κ2) is 6.90. The molecule has 2 nitrogen and oxygen atoms in total. The summed E-state index contributed by atoms with van der Waals surface area (Å²) in [4.78, 5) is 2.78. The van der Waals surface area contributed by atoms with Crippen molar-refractivity contribution in [1.82, 2.24) is 10.2 Å². The van der Waals surface area contributed by atoms with Crippen molar-refractivity contribution < 1.29 is 0 Å². The Balaban J connectivity index is 2.25. The van der Waals surface area contributed by atoms with Crippen LogP contribution in [0.1, 0.15) is 65.2 Å². The molecule has 1 aliphatic carbocycles. The zero-order valence-corrected chi connectivity index (χ0v) is 13.2. The van der Waals surface area contributed by atoms with Crippen molar-refractivity contribution >= 4 is 0 Å². The topological polar surface area (TPSA) is 15.3 Å². The maximum absolute atomic E-state index is 3.68. The van der Waals surface area contributed by atoms with Crippen LogP contribution >= 0.6 is 0 Å². The van der Waals surface area contributed by atoms with Gasteiger partial charge in [0.1, 0.15) is 0 Å². The largest absolute Gasteiger partial charge is 0.312 e. The third-order valence-electron chi connectivity index (χ3n) is 5.48. The van der Waals surface area contributed by atoms with E-state index < -0.39 is 0 Å². The number of nitrogens with one attached hydrogen (secondary N) is 1. The van der Waals surface area contributed by atoms with E-state index in [-0.39, 0.29) is 0 Å². The first-order valence-corrected chi connectivity index (χ1v) is 8.39. The van der Waals surface area contributed by atoms with Gasteiger partial charge in [-0.2, -0.15) is 0 Å². The maximum Gasteiger partial charge on any atom is 0.0463 e. The predicted molar refractivity (Wildman–Crippen MR) is 83.5 cm³/mol. The molecule has 110 valence electrons. The summed E-state index contributed by atoms with van der Waals surface area (Å²) in [7, 11) is 2.16. The number of rotatable bonds is 6. The van der Waals surface area contributed by atoms with Crippen LogP contribution in [0, 0.1) is 0 Å². The highest BCUT2D eigenvalue weighted by molar-refractivity contribution is 5.21. The molecule has 1 heterocycles. The number of hydrogen-bond donors (Lipinski definition) is 1. The van der Waals surface area contributed by atoms with Crippen molar-refractivity contribution in [2.24, 2.45) is 0 Å². The first kappa shape index (κ1) is 15.1. The van der Waals surface area contributed by atoms with Gasteiger partial charge in [-0.05, 0) is 71.5 Å². The molecule has 1 N–H and O–H groups in total. The van der Waals surface area contributed by atoms with Gasteiger partial charge in [0.2, 0.25) is 0 Å². The Morgan fingerprint density at radius 2 is 1.84 bits per heavy atom. The standard InChI is InChI=1S/C17H32N2/c1-4-17(5-2,19-13-9-10-14-19)16(18-3)15-11-7-6-8-12-15/h11,16,18H,4-10,12-14H2,1-3H3. The van der Waals surface area contributed by atoms with Crippen LogP contribution in [0.5, 0.6) is 0 Å². The SMILES string of the molecule is CCC(CC)(C(NC)C1=CCCCC1)N1CCCC1. The highest BCUT2D eigenvalue weighted by Crippen LogP contribution is 2.36. The van der Waals surface area contributed by atoms with Crippen molar-refractivity contribution in [3.8, 4) is 0 Å². The van der Waals surface area contributed by atoms with E-state index in [2.05, 4.69) is 37.2 Å². The molecule has 1 saturated heterocycles. The van der Waals surface area contributed by atoms with E-state index in [9.17, 15) is 0 Å². The number of nitrogens with zero attached hydrogens (tertiary/aromatic N) is 1. The van der Waals surface area contributed by atoms with Crippen LogP contribution < -0.4 is 5.32 Å². The van der Waals surface area contributed by atoms with Crippen LogP contribution in [-0.4, -0.2) is 36.6 Å². The van der Waals surface area contributed by atoms with E-state index in [0.29, 0.717) is 11.6 Å². The zero-order chi connectivity index (χ0) is 13.7.